The van der Waals surface area contributed by atoms with Crippen LogP contribution < -0.4 is 0 Å². The van der Waals surface area contributed by atoms with Crippen molar-refractivity contribution in [2.75, 3.05) is 6.61 Å². The first-order valence-electron chi connectivity index (χ1n) is 6.94. The normalized spacial score (nSPS) is 10.9. The smallest absolute Gasteiger partial charge is 0.376 e. The predicted octanol–water partition coefficient (Wildman–Crippen LogP) is 4.32. The Kier molecular flexibility index (Phi) is 5.39. The van der Waals surface area contributed by atoms with Gasteiger partial charge in [-0.3, -0.25) is 0 Å². The highest BCUT2D eigenvalue weighted by Crippen LogP contribution is 2.25. The van der Waals surface area contributed by atoms with Gasteiger partial charge in [0.25, 0.3) is 0 Å². The van der Waals surface area contributed by atoms with Gasteiger partial charge in [-0.1, -0.05) is 13.8 Å². The maximum absolute atomic E-state index is 12.0. The van der Waals surface area contributed by atoms with E-state index in [9.17, 15) is 4.79 Å². The second-order valence-corrected chi connectivity index (χ2v) is 6.37. The van der Waals surface area contributed by atoms with Gasteiger partial charge in [-0.05, 0) is 66.1 Å². The zero-order chi connectivity index (χ0) is 15.4. The number of carbonyl (C=O) groups is 1. The lowest BCUT2D eigenvalue weighted by atomic mass is 10.1. The highest BCUT2D eigenvalue weighted by atomic mass is 127. The summed E-state index contributed by atoms with van der Waals surface area (Å²) < 4.78 is 11.8. The largest absolute Gasteiger partial charge is 0.460 e. The van der Waals surface area contributed by atoms with Gasteiger partial charge in [-0.15, -0.1) is 0 Å². The number of halogens is 1. The number of ether oxygens (including phenoxy) is 1. The molecule has 0 bridgehead atoms. The van der Waals surface area contributed by atoms with Crippen molar-refractivity contribution < 1.29 is 13.9 Å². The van der Waals surface area contributed by atoms with E-state index in [0.29, 0.717) is 30.5 Å². The van der Waals surface area contributed by atoms with E-state index in [1.54, 1.807) is 6.92 Å². The molecule has 0 radical (unpaired) electrons. The SMILES string of the molecule is CCOC(=O)c1oc(-c2ccc(I)cc2)nc1CC(C)C. The fraction of sp³-hybridized carbons (Fsp3) is 0.375. The Morgan fingerprint density at radius 2 is 2.00 bits per heavy atom. The molecule has 0 aliphatic rings. The van der Waals surface area contributed by atoms with Crippen molar-refractivity contribution in [2.45, 2.75) is 27.2 Å². The molecule has 2 rings (SSSR count). The van der Waals surface area contributed by atoms with E-state index in [0.717, 1.165) is 9.13 Å². The minimum Gasteiger partial charge on any atom is -0.460 e. The van der Waals surface area contributed by atoms with Gasteiger partial charge in [-0.25, -0.2) is 9.78 Å². The van der Waals surface area contributed by atoms with Crippen molar-refractivity contribution in [1.82, 2.24) is 4.98 Å². The summed E-state index contributed by atoms with van der Waals surface area (Å²) in [6, 6.07) is 7.82. The van der Waals surface area contributed by atoms with Crippen LogP contribution in [0.25, 0.3) is 11.5 Å². The number of nitrogens with zero attached hydrogens (tertiary/aromatic N) is 1. The van der Waals surface area contributed by atoms with E-state index >= 15 is 0 Å². The maximum atomic E-state index is 12.0. The van der Waals surface area contributed by atoms with Crippen LogP contribution in [-0.2, 0) is 11.2 Å². The Hall–Kier alpha value is -1.37. The van der Waals surface area contributed by atoms with E-state index in [1.165, 1.54) is 0 Å². The molecule has 0 atom stereocenters. The van der Waals surface area contributed by atoms with Crippen molar-refractivity contribution in [1.29, 1.82) is 0 Å². The summed E-state index contributed by atoms with van der Waals surface area (Å²) in [6.45, 7) is 6.25. The number of hydrogen-bond acceptors (Lipinski definition) is 4. The van der Waals surface area contributed by atoms with Gasteiger partial charge in [0.1, 0.15) is 0 Å². The number of aromatic nitrogens is 1. The molecule has 0 N–H and O–H groups in total. The van der Waals surface area contributed by atoms with Crippen LogP contribution in [0.4, 0.5) is 0 Å². The molecule has 1 aromatic heterocycles. The van der Waals surface area contributed by atoms with E-state index in [2.05, 4.69) is 41.4 Å². The minimum absolute atomic E-state index is 0.221. The molecule has 1 heterocycles. The number of rotatable bonds is 5. The second-order valence-electron chi connectivity index (χ2n) is 5.12. The van der Waals surface area contributed by atoms with Crippen LogP contribution in [0.1, 0.15) is 37.0 Å². The molecule has 5 heteroatoms. The van der Waals surface area contributed by atoms with E-state index in [-0.39, 0.29) is 5.76 Å². The fourth-order valence-corrected chi connectivity index (χ4v) is 2.31. The molecule has 112 valence electrons. The monoisotopic (exact) mass is 399 g/mol. The zero-order valence-electron chi connectivity index (χ0n) is 12.4. The Bertz CT molecular complexity index is 617. The molecule has 0 unspecified atom stereocenters. The van der Waals surface area contributed by atoms with E-state index in [4.69, 9.17) is 9.15 Å². The van der Waals surface area contributed by atoms with Gasteiger partial charge in [0.15, 0.2) is 0 Å². The molecule has 0 amide bonds. The van der Waals surface area contributed by atoms with Gasteiger partial charge < -0.3 is 9.15 Å². The summed E-state index contributed by atoms with van der Waals surface area (Å²) in [5.41, 5.74) is 1.52. The lowest BCUT2D eigenvalue weighted by molar-refractivity contribution is 0.0489. The number of oxazole rings is 1. The van der Waals surface area contributed by atoms with Gasteiger partial charge in [-0.2, -0.15) is 0 Å². The number of carbonyl (C=O) groups excluding carboxylic acids is 1. The van der Waals surface area contributed by atoms with Crippen LogP contribution in [0.5, 0.6) is 0 Å². The third-order valence-corrected chi connectivity index (χ3v) is 3.57. The first kappa shape index (κ1) is 16.0. The molecule has 0 saturated heterocycles. The topological polar surface area (TPSA) is 52.3 Å². The van der Waals surface area contributed by atoms with Gasteiger partial charge in [0, 0.05) is 9.13 Å². The molecule has 2 aromatic rings. The van der Waals surface area contributed by atoms with Crippen molar-refractivity contribution >= 4 is 28.6 Å². The first-order chi connectivity index (χ1) is 10.0. The Morgan fingerprint density at radius 3 is 2.57 bits per heavy atom. The summed E-state index contributed by atoms with van der Waals surface area (Å²) in [7, 11) is 0. The molecule has 0 aliphatic carbocycles. The summed E-state index contributed by atoms with van der Waals surface area (Å²) in [5, 5.41) is 0. The molecule has 0 aliphatic heterocycles. The van der Waals surface area contributed by atoms with Gasteiger partial charge in [0.2, 0.25) is 11.7 Å². The molecule has 21 heavy (non-hydrogen) atoms. The van der Waals surface area contributed by atoms with Crippen molar-refractivity contribution in [3.8, 4) is 11.5 Å². The lowest BCUT2D eigenvalue weighted by Gasteiger charge is -2.02. The molecule has 0 spiro atoms. The molecule has 0 fully saturated rings. The summed E-state index contributed by atoms with van der Waals surface area (Å²) in [6.07, 6.45) is 0.683. The fourth-order valence-electron chi connectivity index (χ4n) is 1.95. The van der Waals surface area contributed by atoms with Crippen molar-refractivity contribution in [2.24, 2.45) is 5.92 Å². The third kappa shape index (κ3) is 4.06. The van der Waals surface area contributed by atoms with Gasteiger partial charge >= 0.3 is 5.97 Å². The van der Waals surface area contributed by atoms with Crippen LogP contribution in [0.3, 0.4) is 0 Å². The number of benzene rings is 1. The van der Waals surface area contributed by atoms with Crippen LogP contribution >= 0.6 is 22.6 Å². The number of esters is 1. The summed E-state index contributed by atoms with van der Waals surface area (Å²) in [4.78, 5) is 16.5. The molecule has 4 nitrogen and oxygen atoms in total. The molecular weight excluding hydrogens is 381 g/mol. The first-order valence-corrected chi connectivity index (χ1v) is 8.02. The highest BCUT2D eigenvalue weighted by molar-refractivity contribution is 14.1. The van der Waals surface area contributed by atoms with Crippen LogP contribution in [0.2, 0.25) is 0 Å². The van der Waals surface area contributed by atoms with Crippen LogP contribution in [-0.4, -0.2) is 17.6 Å². The number of hydrogen-bond donors (Lipinski definition) is 0. The Labute approximate surface area is 138 Å². The summed E-state index contributed by atoms with van der Waals surface area (Å²) >= 11 is 2.24. The van der Waals surface area contributed by atoms with E-state index < -0.39 is 5.97 Å². The molecule has 1 aromatic carbocycles. The highest BCUT2D eigenvalue weighted by Gasteiger charge is 2.22. The van der Waals surface area contributed by atoms with E-state index in [1.807, 2.05) is 24.3 Å². The van der Waals surface area contributed by atoms with Crippen LogP contribution in [0, 0.1) is 9.49 Å². The average Bonchev–Trinajstić information content (AvgIpc) is 2.83. The van der Waals surface area contributed by atoms with Crippen molar-refractivity contribution in [3.05, 3.63) is 39.3 Å². The quantitative estimate of drug-likeness (QED) is 0.555. The molecule has 0 saturated carbocycles. The van der Waals surface area contributed by atoms with Crippen molar-refractivity contribution in [3.63, 3.8) is 0 Å². The minimum atomic E-state index is -0.447. The zero-order valence-corrected chi connectivity index (χ0v) is 14.5. The third-order valence-electron chi connectivity index (χ3n) is 2.85. The average molecular weight is 399 g/mol. The standard InChI is InChI=1S/C16H18INO3/c1-4-20-16(19)14-13(9-10(2)3)18-15(21-14)11-5-7-12(17)8-6-11/h5-8,10H,4,9H2,1-3H3. The second kappa shape index (κ2) is 7.06. The Morgan fingerprint density at radius 1 is 1.33 bits per heavy atom. The molecular formula is C16H18INO3. The Balaban J connectivity index is 2.39. The van der Waals surface area contributed by atoms with Gasteiger partial charge in [0.05, 0.1) is 12.3 Å². The lowest BCUT2D eigenvalue weighted by Crippen LogP contribution is -2.08. The van der Waals surface area contributed by atoms with Crippen LogP contribution in [0.15, 0.2) is 28.7 Å². The maximum Gasteiger partial charge on any atom is 0.376 e. The summed E-state index contributed by atoms with van der Waals surface area (Å²) in [5.74, 6) is 0.620. The predicted molar refractivity (Wildman–Crippen MR) is 89.2 cm³/mol.